The summed E-state index contributed by atoms with van der Waals surface area (Å²) in [5, 5.41) is 11.1. The molecule has 0 radical (unpaired) electrons. The lowest BCUT2D eigenvalue weighted by Gasteiger charge is -2.01. The molecule has 1 aromatic heterocycles. The largest absolute Gasteiger partial charge is 0.463 e. The summed E-state index contributed by atoms with van der Waals surface area (Å²) in [6.45, 7) is 1.43. The number of thiophene rings is 1. The molecule has 0 saturated heterocycles. The molecule has 25 heavy (non-hydrogen) atoms. The highest BCUT2D eigenvalue weighted by Gasteiger charge is 2.15. The molecular formula is C17H15NO6S. The Morgan fingerprint density at radius 3 is 2.68 bits per heavy atom. The molecule has 2 rings (SSSR count). The van der Waals surface area contributed by atoms with E-state index < -0.39 is 23.5 Å². The van der Waals surface area contributed by atoms with Gasteiger partial charge in [0.05, 0.1) is 17.1 Å². The number of ether oxygens (including phenoxy) is 2. The molecular weight excluding hydrogens is 346 g/mol. The maximum Gasteiger partial charge on any atom is 0.344 e. The van der Waals surface area contributed by atoms with E-state index in [0.29, 0.717) is 10.4 Å². The molecule has 1 aromatic carbocycles. The molecule has 0 unspecified atom stereocenters. The van der Waals surface area contributed by atoms with Crippen molar-refractivity contribution in [1.82, 2.24) is 0 Å². The molecule has 0 bridgehead atoms. The maximum atomic E-state index is 11.5. The van der Waals surface area contributed by atoms with Crippen molar-refractivity contribution in [2.45, 2.75) is 6.92 Å². The lowest BCUT2D eigenvalue weighted by Crippen LogP contribution is -2.14. The average molecular weight is 361 g/mol. The Labute approximate surface area is 147 Å². The van der Waals surface area contributed by atoms with Crippen molar-refractivity contribution in [3.8, 4) is 10.4 Å². The minimum atomic E-state index is -0.673. The summed E-state index contributed by atoms with van der Waals surface area (Å²) in [6.07, 6.45) is 2.71. The number of hydrogen-bond acceptors (Lipinski definition) is 7. The second-order valence-electron chi connectivity index (χ2n) is 4.72. The number of nitrogens with zero attached hydrogens (tertiary/aromatic N) is 1. The SMILES string of the molecule is CCOC(=O)COC(=O)/C=C/c1ccc(-c2ccccc2[N+](=O)[O-])s1. The molecule has 0 N–H and O–H groups in total. The predicted molar refractivity (Wildman–Crippen MR) is 93.0 cm³/mol. The molecule has 7 nitrogen and oxygen atoms in total. The highest BCUT2D eigenvalue weighted by Crippen LogP contribution is 2.34. The molecule has 0 aliphatic carbocycles. The van der Waals surface area contributed by atoms with Gasteiger partial charge >= 0.3 is 11.9 Å². The van der Waals surface area contributed by atoms with E-state index in [2.05, 4.69) is 4.74 Å². The first-order valence-corrected chi connectivity index (χ1v) is 8.17. The first-order chi connectivity index (χ1) is 12.0. The fraction of sp³-hybridized carbons (Fsp3) is 0.176. The van der Waals surface area contributed by atoms with Crippen molar-refractivity contribution < 1.29 is 24.0 Å². The number of nitro groups is 1. The lowest BCUT2D eigenvalue weighted by atomic mass is 10.1. The third-order valence-corrected chi connectivity index (χ3v) is 4.10. The summed E-state index contributed by atoms with van der Waals surface area (Å²) in [6, 6.07) is 9.94. The molecule has 0 spiro atoms. The van der Waals surface area contributed by atoms with E-state index >= 15 is 0 Å². The smallest absolute Gasteiger partial charge is 0.344 e. The van der Waals surface area contributed by atoms with Crippen LogP contribution in [0.5, 0.6) is 0 Å². The van der Waals surface area contributed by atoms with E-state index in [0.717, 1.165) is 4.88 Å². The molecule has 1 heterocycles. The van der Waals surface area contributed by atoms with Crippen LogP contribution in [0.4, 0.5) is 5.69 Å². The van der Waals surface area contributed by atoms with Gasteiger partial charge in [-0.05, 0) is 31.2 Å². The van der Waals surface area contributed by atoms with Gasteiger partial charge in [0, 0.05) is 21.9 Å². The summed E-state index contributed by atoms with van der Waals surface area (Å²) >= 11 is 1.30. The van der Waals surface area contributed by atoms with Crippen LogP contribution in [-0.4, -0.2) is 30.1 Å². The van der Waals surface area contributed by atoms with Gasteiger partial charge < -0.3 is 9.47 Å². The Balaban J connectivity index is 2.03. The standard InChI is InChI=1S/C17H15NO6S/c1-2-23-17(20)11-24-16(19)10-8-12-7-9-15(25-12)13-5-3-4-6-14(13)18(21)22/h3-10H,2,11H2,1H3/b10-8+. The Bertz CT molecular complexity index is 811. The molecule has 0 atom stereocenters. The quantitative estimate of drug-likeness (QED) is 0.324. The molecule has 130 valence electrons. The number of nitro benzene ring substituents is 1. The zero-order valence-corrected chi connectivity index (χ0v) is 14.2. The second kappa shape index (κ2) is 8.74. The molecule has 0 saturated carbocycles. The van der Waals surface area contributed by atoms with Crippen LogP contribution >= 0.6 is 11.3 Å². The third-order valence-electron chi connectivity index (χ3n) is 3.01. The van der Waals surface area contributed by atoms with Gasteiger partial charge in [-0.2, -0.15) is 0 Å². The van der Waals surface area contributed by atoms with Gasteiger partial charge in [-0.3, -0.25) is 10.1 Å². The Morgan fingerprint density at radius 1 is 1.20 bits per heavy atom. The molecule has 2 aromatic rings. The minimum Gasteiger partial charge on any atom is -0.463 e. The monoisotopic (exact) mass is 361 g/mol. The number of hydrogen-bond donors (Lipinski definition) is 0. The molecule has 8 heteroatoms. The highest BCUT2D eigenvalue weighted by molar-refractivity contribution is 7.16. The van der Waals surface area contributed by atoms with Crippen LogP contribution in [0.3, 0.4) is 0 Å². The van der Waals surface area contributed by atoms with Crippen molar-refractivity contribution in [2.24, 2.45) is 0 Å². The van der Waals surface area contributed by atoms with Crippen molar-refractivity contribution >= 4 is 35.0 Å². The van der Waals surface area contributed by atoms with Crippen LogP contribution < -0.4 is 0 Å². The molecule has 0 amide bonds. The zero-order chi connectivity index (χ0) is 18.2. The second-order valence-corrected chi connectivity index (χ2v) is 5.84. The van der Waals surface area contributed by atoms with Gasteiger partial charge in [-0.1, -0.05) is 12.1 Å². The fourth-order valence-electron chi connectivity index (χ4n) is 1.96. The summed E-state index contributed by atoms with van der Waals surface area (Å²) in [4.78, 5) is 34.7. The van der Waals surface area contributed by atoms with Crippen molar-refractivity contribution in [3.63, 3.8) is 0 Å². The van der Waals surface area contributed by atoms with E-state index in [1.807, 2.05) is 0 Å². The minimum absolute atomic E-state index is 0.0220. The van der Waals surface area contributed by atoms with Gasteiger partial charge in [0.25, 0.3) is 5.69 Å². The lowest BCUT2D eigenvalue weighted by molar-refractivity contribution is -0.384. The number of esters is 2. The maximum absolute atomic E-state index is 11.5. The summed E-state index contributed by atoms with van der Waals surface area (Å²) < 4.78 is 9.38. The molecule has 0 aliphatic rings. The number of carbonyl (C=O) groups excluding carboxylic acids is 2. The summed E-state index contributed by atoms with van der Waals surface area (Å²) in [5.41, 5.74) is 0.538. The van der Waals surface area contributed by atoms with Gasteiger partial charge in [-0.25, -0.2) is 9.59 Å². The number of carbonyl (C=O) groups is 2. The predicted octanol–water partition coefficient (Wildman–Crippen LogP) is 3.44. The van der Waals surface area contributed by atoms with Crippen LogP contribution in [0.15, 0.2) is 42.5 Å². The van der Waals surface area contributed by atoms with Crippen LogP contribution in [0.25, 0.3) is 16.5 Å². The topological polar surface area (TPSA) is 95.7 Å². The third kappa shape index (κ3) is 5.25. The van der Waals surface area contributed by atoms with Crippen LogP contribution in [-0.2, 0) is 19.1 Å². The Morgan fingerprint density at radius 2 is 1.96 bits per heavy atom. The highest BCUT2D eigenvalue weighted by atomic mass is 32.1. The first-order valence-electron chi connectivity index (χ1n) is 7.35. The number of rotatable bonds is 7. The van der Waals surface area contributed by atoms with E-state index in [-0.39, 0.29) is 12.3 Å². The van der Waals surface area contributed by atoms with Crippen molar-refractivity contribution in [3.05, 3.63) is 57.5 Å². The summed E-state index contributed by atoms with van der Waals surface area (Å²) in [5.74, 6) is -1.28. The van der Waals surface area contributed by atoms with E-state index in [1.165, 1.54) is 29.6 Å². The van der Waals surface area contributed by atoms with Crippen LogP contribution in [0, 0.1) is 10.1 Å². The normalized spacial score (nSPS) is 10.6. The van der Waals surface area contributed by atoms with Crippen LogP contribution in [0.2, 0.25) is 0 Å². The Kier molecular flexibility index (Phi) is 6.41. The number of benzene rings is 1. The zero-order valence-electron chi connectivity index (χ0n) is 13.3. The van der Waals surface area contributed by atoms with Gasteiger partial charge in [-0.15, -0.1) is 11.3 Å². The van der Waals surface area contributed by atoms with Crippen molar-refractivity contribution in [1.29, 1.82) is 0 Å². The van der Waals surface area contributed by atoms with Gasteiger partial charge in [0.1, 0.15) is 0 Å². The van der Waals surface area contributed by atoms with Crippen molar-refractivity contribution in [2.75, 3.05) is 13.2 Å². The van der Waals surface area contributed by atoms with Gasteiger partial charge in [0.15, 0.2) is 6.61 Å². The average Bonchev–Trinajstić information content (AvgIpc) is 3.07. The summed E-state index contributed by atoms with van der Waals surface area (Å²) in [7, 11) is 0. The van der Waals surface area contributed by atoms with Gasteiger partial charge in [0.2, 0.25) is 0 Å². The Hall–Kier alpha value is -3.00. The van der Waals surface area contributed by atoms with Crippen LogP contribution in [0.1, 0.15) is 11.8 Å². The fourth-order valence-corrected chi connectivity index (χ4v) is 2.90. The molecule has 0 aliphatic heterocycles. The van der Waals surface area contributed by atoms with E-state index in [4.69, 9.17) is 4.74 Å². The van der Waals surface area contributed by atoms with E-state index in [9.17, 15) is 19.7 Å². The van der Waals surface area contributed by atoms with E-state index in [1.54, 1.807) is 37.3 Å². The number of para-hydroxylation sites is 1. The molecule has 0 fully saturated rings. The first kappa shape index (κ1) is 18.3.